The van der Waals surface area contributed by atoms with Crippen molar-refractivity contribution in [2.24, 2.45) is 22.7 Å². The predicted octanol–water partition coefficient (Wildman–Crippen LogP) is 4.71. The molecule has 0 amide bonds. The Hall–Kier alpha value is -2.34. The van der Waals surface area contributed by atoms with Crippen LogP contribution in [0.5, 0.6) is 5.75 Å². The molecule has 0 spiro atoms. The Labute approximate surface area is 188 Å². The van der Waals surface area contributed by atoms with Gasteiger partial charge in [0.2, 0.25) is 0 Å². The van der Waals surface area contributed by atoms with Crippen molar-refractivity contribution < 1.29 is 23.8 Å². The highest BCUT2D eigenvalue weighted by molar-refractivity contribution is 5.77. The number of hydrogen-bond acceptors (Lipinski definition) is 6. The lowest BCUT2D eigenvalue weighted by molar-refractivity contribution is -0.210. The van der Waals surface area contributed by atoms with E-state index in [1.54, 1.807) is 12.1 Å². The lowest BCUT2D eigenvalue weighted by atomic mass is 9.45. The van der Waals surface area contributed by atoms with Gasteiger partial charge in [0.25, 0.3) is 0 Å². The van der Waals surface area contributed by atoms with Gasteiger partial charge in [-0.2, -0.15) is 0 Å². The molecule has 0 unspecified atom stereocenters. The molecular formula is C26H34O6. The lowest BCUT2D eigenvalue weighted by Crippen LogP contribution is -2.62. The summed E-state index contributed by atoms with van der Waals surface area (Å²) in [7, 11) is 0. The van der Waals surface area contributed by atoms with Gasteiger partial charge in [0.1, 0.15) is 17.4 Å². The maximum absolute atomic E-state index is 11.7. The summed E-state index contributed by atoms with van der Waals surface area (Å²) < 4.78 is 17.2. The van der Waals surface area contributed by atoms with Crippen molar-refractivity contribution in [1.82, 2.24) is 0 Å². The van der Waals surface area contributed by atoms with E-state index in [0.717, 1.165) is 24.6 Å². The maximum atomic E-state index is 11.7. The van der Waals surface area contributed by atoms with Crippen LogP contribution >= 0.6 is 0 Å². The third-order valence-electron chi connectivity index (χ3n) is 8.27. The van der Waals surface area contributed by atoms with Crippen molar-refractivity contribution >= 4 is 16.9 Å². The molecule has 0 radical (unpaired) electrons. The lowest BCUT2D eigenvalue weighted by Gasteiger charge is -2.62. The number of rotatable bonds is 4. The van der Waals surface area contributed by atoms with Crippen LogP contribution in [0.1, 0.15) is 60.3 Å². The van der Waals surface area contributed by atoms with Gasteiger partial charge in [-0.25, -0.2) is 4.79 Å². The molecule has 5 atom stereocenters. The predicted molar refractivity (Wildman–Crippen MR) is 121 cm³/mol. The first-order valence-electron chi connectivity index (χ1n) is 11.5. The molecule has 4 rings (SSSR count). The fourth-order valence-corrected chi connectivity index (χ4v) is 6.59. The molecule has 6 heteroatoms. The Balaban J connectivity index is 1.59. The molecule has 2 aliphatic rings. The van der Waals surface area contributed by atoms with E-state index in [1.807, 2.05) is 19.1 Å². The zero-order chi connectivity index (χ0) is 23.3. The summed E-state index contributed by atoms with van der Waals surface area (Å²) in [6.07, 6.45) is 3.06. The standard InChI is InChI=1S/C26H34O6/c1-16(27)31-22-11-12-25(4)20(24(22,2)3)10-13-26(5,29)21(25)15-30-18-8-6-17-7-9-23(28)32-19(17)14-18/h6-9,14,20-22,29H,10-13,15H2,1-5H3/t20-,21+,22-,25-,26-/m1/s1. The van der Waals surface area contributed by atoms with Gasteiger partial charge in [-0.3, -0.25) is 4.79 Å². The van der Waals surface area contributed by atoms with Crippen LogP contribution in [-0.2, 0) is 9.53 Å². The molecule has 32 heavy (non-hydrogen) atoms. The Morgan fingerprint density at radius 3 is 2.56 bits per heavy atom. The van der Waals surface area contributed by atoms with Gasteiger partial charge in [0, 0.05) is 35.8 Å². The number of fused-ring (bicyclic) bond motifs is 2. The van der Waals surface area contributed by atoms with Gasteiger partial charge in [0.05, 0.1) is 12.2 Å². The molecule has 1 heterocycles. The van der Waals surface area contributed by atoms with Crippen molar-refractivity contribution in [3.8, 4) is 5.75 Å². The number of carbonyl (C=O) groups is 1. The van der Waals surface area contributed by atoms with Crippen LogP contribution in [-0.4, -0.2) is 29.4 Å². The quantitative estimate of drug-likeness (QED) is 0.545. The van der Waals surface area contributed by atoms with Crippen LogP contribution in [0, 0.1) is 22.7 Å². The van der Waals surface area contributed by atoms with Crippen molar-refractivity contribution in [1.29, 1.82) is 0 Å². The Morgan fingerprint density at radius 2 is 1.84 bits per heavy atom. The van der Waals surface area contributed by atoms with Gasteiger partial charge >= 0.3 is 11.6 Å². The highest BCUT2D eigenvalue weighted by atomic mass is 16.5. The third kappa shape index (κ3) is 3.94. The molecule has 2 aromatic rings. The topological polar surface area (TPSA) is 86.0 Å². The summed E-state index contributed by atoms with van der Waals surface area (Å²) in [5, 5.41) is 12.2. The average Bonchev–Trinajstić information content (AvgIpc) is 2.68. The molecule has 2 fully saturated rings. The molecule has 1 N–H and O–H groups in total. The highest BCUT2D eigenvalue weighted by Crippen LogP contribution is 2.62. The minimum atomic E-state index is -0.862. The van der Waals surface area contributed by atoms with Crippen LogP contribution in [0.25, 0.3) is 11.0 Å². The second-order valence-electron chi connectivity index (χ2n) is 10.7. The Morgan fingerprint density at radius 1 is 1.12 bits per heavy atom. The first-order valence-corrected chi connectivity index (χ1v) is 11.5. The van der Waals surface area contributed by atoms with Crippen LogP contribution in [0.3, 0.4) is 0 Å². The third-order valence-corrected chi connectivity index (χ3v) is 8.27. The van der Waals surface area contributed by atoms with E-state index in [4.69, 9.17) is 13.9 Å². The maximum Gasteiger partial charge on any atom is 0.336 e. The molecule has 0 saturated heterocycles. The number of esters is 1. The first-order chi connectivity index (χ1) is 14.9. The number of aliphatic hydroxyl groups is 1. The normalized spacial score (nSPS) is 34.0. The van der Waals surface area contributed by atoms with E-state index in [2.05, 4.69) is 20.8 Å². The van der Waals surface area contributed by atoms with Crippen molar-refractivity contribution in [3.63, 3.8) is 0 Å². The van der Waals surface area contributed by atoms with Crippen molar-refractivity contribution in [3.05, 3.63) is 40.8 Å². The Bertz CT molecular complexity index is 1070. The summed E-state index contributed by atoms with van der Waals surface area (Å²) >= 11 is 0. The van der Waals surface area contributed by atoms with Gasteiger partial charge in [-0.05, 0) is 62.1 Å². The number of carbonyl (C=O) groups excluding carboxylic acids is 1. The molecule has 2 aliphatic carbocycles. The summed E-state index contributed by atoms with van der Waals surface area (Å²) in [5.41, 5.74) is -1.13. The summed E-state index contributed by atoms with van der Waals surface area (Å²) in [6, 6.07) is 8.59. The van der Waals surface area contributed by atoms with Gasteiger partial charge in [-0.1, -0.05) is 20.8 Å². The summed E-state index contributed by atoms with van der Waals surface area (Å²) in [6.45, 7) is 10.4. The first kappa shape index (κ1) is 22.8. The number of benzene rings is 1. The van der Waals surface area contributed by atoms with E-state index in [-0.39, 0.29) is 34.7 Å². The highest BCUT2D eigenvalue weighted by Gasteiger charge is 2.61. The molecule has 1 aromatic heterocycles. The molecule has 0 aliphatic heterocycles. The molecule has 2 saturated carbocycles. The monoisotopic (exact) mass is 442 g/mol. The second-order valence-corrected chi connectivity index (χ2v) is 10.7. The molecular weight excluding hydrogens is 408 g/mol. The minimum Gasteiger partial charge on any atom is -0.493 e. The van der Waals surface area contributed by atoms with Crippen LogP contribution < -0.4 is 10.4 Å². The van der Waals surface area contributed by atoms with Crippen molar-refractivity contribution in [2.75, 3.05) is 6.61 Å². The smallest absolute Gasteiger partial charge is 0.336 e. The second kappa shape index (κ2) is 7.91. The Kier molecular flexibility index (Phi) is 5.64. The fraction of sp³-hybridized carbons (Fsp3) is 0.615. The van der Waals surface area contributed by atoms with Gasteiger partial charge in [-0.15, -0.1) is 0 Å². The molecule has 1 aromatic carbocycles. The van der Waals surface area contributed by atoms with Crippen LogP contribution in [0.4, 0.5) is 0 Å². The zero-order valence-corrected chi connectivity index (χ0v) is 19.6. The average molecular weight is 443 g/mol. The van der Waals surface area contributed by atoms with Gasteiger partial charge < -0.3 is 19.0 Å². The molecule has 6 nitrogen and oxygen atoms in total. The fourth-order valence-electron chi connectivity index (χ4n) is 6.59. The van der Waals surface area contributed by atoms with E-state index < -0.39 is 11.2 Å². The largest absolute Gasteiger partial charge is 0.493 e. The van der Waals surface area contributed by atoms with Gasteiger partial charge in [0.15, 0.2) is 0 Å². The van der Waals surface area contributed by atoms with E-state index >= 15 is 0 Å². The van der Waals surface area contributed by atoms with Crippen molar-refractivity contribution in [2.45, 2.75) is 72.0 Å². The number of hydrogen-bond donors (Lipinski definition) is 1. The number of ether oxygens (including phenoxy) is 2. The van der Waals surface area contributed by atoms with E-state index in [1.165, 1.54) is 13.0 Å². The molecule has 174 valence electrons. The summed E-state index contributed by atoms with van der Waals surface area (Å²) in [4.78, 5) is 23.2. The van der Waals surface area contributed by atoms with Crippen LogP contribution in [0.15, 0.2) is 39.5 Å². The molecule has 0 bridgehead atoms. The SMILES string of the molecule is CC(=O)O[C@@H]1CC[C@]2(C)[C@H](CC[C@@](C)(O)[C@H]2COc2ccc3ccc(=O)oc3c2)C1(C)C. The minimum absolute atomic E-state index is 0.0928. The van der Waals surface area contributed by atoms with E-state index in [9.17, 15) is 14.7 Å². The van der Waals surface area contributed by atoms with E-state index in [0.29, 0.717) is 24.4 Å². The van der Waals surface area contributed by atoms with Crippen LogP contribution in [0.2, 0.25) is 0 Å². The summed E-state index contributed by atoms with van der Waals surface area (Å²) in [5.74, 6) is 0.569. The zero-order valence-electron chi connectivity index (χ0n) is 19.6.